The lowest BCUT2D eigenvalue weighted by atomic mass is 10.1. The number of nitrogens with zero attached hydrogens (tertiary/aromatic N) is 3. The number of benzene rings is 1. The van der Waals surface area contributed by atoms with Crippen molar-refractivity contribution in [1.29, 1.82) is 0 Å². The van der Waals surface area contributed by atoms with Crippen molar-refractivity contribution in [3.05, 3.63) is 58.7 Å². The summed E-state index contributed by atoms with van der Waals surface area (Å²) in [5.74, 6) is 2.51. The van der Waals surface area contributed by atoms with Crippen LogP contribution in [-0.4, -0.2) is 28.2 Å². The topological polar surface area (TPSA) is 47.5 Å². The average molecular weight is 351 g/mol. The van der Waals surface area contributed by atoms with E-state index in [4.69, 9.17) is 14.5 Å². The van der Waals surface area contributed by atoms with Crippen molar-refractivity contribution < 1.29 is 9.47 Å². The largest absolute Gasteiger partial charge is 0.454 e. The fourth-order valence-electron chi connectivity index (χ4n) is 3.31. The first-order valence-corrected chi connectivity index (χ1v) is 9.23. The lowest BCUT2D eigenvalue weighted by molar-refractivity contribution is 0.174. The van der Waals surface area contributed by atoms with Gasteiger partial charge in [0.2, 0.25) is 6.79 Å². The molecule has 2 aromatic heterocycles. The molecule has 0 atom stereocenters. The number of ether oxygens (including phenoxy) is 2. The van der Waals surface area contributed by atoms with Gasteiger partial charge in [-0.3, -0.25) is 4.90 Å². The van der Waals surface area contributed by atoms with Crippen molar-refractivity contribution in [3.8, 4) is 22.2 Å². The summed E-state index contributed by atoms with van der Waals surface area (Å²) in [6.45, 7) is 3.07. The van der Waals surface area contributed by atoms with Crippen LogP contribution in [0.2, 0.25) is 0 Å². The molecule has 126 valence electrons. The van der Waals surface area contributed by atoms with Gasteiger partial charge in [0, 0.05) is 25.8 Å². The highest BCUT2D eigenvalue weighted by molar-refractivity contribution is 7.13. The number of rotatable bonds is 3. The maximum Gasteiger partial charge on any atom is 0.231 e. The van der Waals surface area contributed by atoms with Crippen molar-refractivity contribution in [3.63, 3.8) is 0 Å². The Hall–Kier alpha value is -2.44. The van der Waals surface area contributed by atoms with Gasteiger partial charge in [0.15, 0.2) is 17.3 Å². The Bertz CT molecular complexity index is 911. The minimum absolute atomic E-state index is 0.318. The van der Waals surface area contributed by atoms with Gasteiger partial charge in [0.1, 0.15) is 0 Å². The first kappa shape index (κ1) is 14.9. The van der Waals surface area contributed by atoms with Crippen LogP contribution in [0.1, 0.15) is 16.8 Å². The molecular formula is C19H17N3O2S. The zero-order valence-electron chi connectivity index (χ0n) is 13.6. The summed E-state index contributed by atoms with van der Waals surface area (Å²) in [6.07, 6.45) is 2.99. The summed E-state index contributed by atoms with van der Waals surface area (Å²) < 4.78 is 10.9. The predicted octanol–water partition coefficient (Wildman–Crippen LogP) is 3.49. The van der Waals surface area contributed by atoms with Crippen molar-refractivity contribution in [2.24, 2.45) is 0 Å². The van der Waals surface area contributed by atoms with E-state index in [1.807, 2.05) is 18.3 Å². The molecule has 3 aromatic rings. The molecule has 2 aliphatic heterocycles. The van der Waals surface area contributed by atoms with Gasteiger partial charge in [-0.1, -0.05) is 12.1 Å². The van der Waals surface area contributed by atoms with Gasteiger partial charge in [-0.25, -0.2) is 9.97 Å². The van der Waals surface area contributed by atoms with E-state index in [9.17, 15) is 0 Å². The van der Waals surface area contributed by atoms with E-state index in [0.717, 1.165) is 53.9 Å². The lowest BCUT2D eigenvalue weighted by Crippen LogP contribution is -2.31. The monoisotopic (exact) mass is 351 g/mol. The molecule has 0 radical (unpaired) electrons. The lowest BCUT2D eigenvalue weighted by Gasteiger charge is -2.28. The number of hydrogen-bond donors (Lipinski definition) is 0. The smallest absolute Gasteiger partial charge is 0.231 e. The highest BCUT2D eigenvalue weighted by atomic mass is 32.1. The second-order valence-electron chi connectivity index (χ2n) is 6.29. The maximum absolute atomic E-state index is 5.48. The molecule has 0 spiro atoms. The summed E-state index contributed by atoms with van der Waals surface area (Å²) in [6, 6.07) is 10.3. The van der Waals surface area contributed by atoms with Crippen molar-refractivity contribution in [2.45, 2.75) is 19.5 Å². The summed E-state index contributed by atoms with van der Waals surface area (Å²) in [5, 5.41) is 2.06. The van der Waals surface area contributed by atoms with E-state index >= 15 is 0 Å². The summed E-state index contributed by atoms with van der Waals surface area (Å²) >= 11 is 1.68. The Morgan fingerprint density at radius 3 is 3.04 bits per heavy atom. The number of fused-ring (bicyclic) bond motifs is 2. The molecule has 0 saturated heterocycles. The van der Waals surface area contributed by atoms with Crippen LogP contribution in [0.5, 0.6) is 11.5 Å². The molecule has 0 unspecified atom stereocenters. The Morgan fingerprint density at radius 1 is 1.16 bits per heavy atom. The third-order valence-electron chi connectivity index (χ3n) is 4.61. The van der Waals surface area contributed by atoms with Crippen LogP contribution in [-0.2, 0) is 19.5 Å². The Kier molecular flexibility index (Phi) is 3.64. The summed E-state index contributed by atoms with van der Waals surface area (Å²) in [5.41, 5.74) is 3.65. The van der Waals surface area contributed by atoms with Crippen LogP contribution in [0, 0.1) is 0 Å². The molecule has 25 heavy (non-hydrogen) atoms. The van der Waals surface area contributed by atoms with Gasteiger partial charge in [-0.05, 0) is 41.1 Å². The maximum atomic E-state index is 5.48. The fourth-order valence-corrected chi connectivity index (χ4v) is 3.98. The third-order valence-corrected chi connectivity index (χ3v) is 5.48. The second-order valence-corrected chi connectivity index (χ2v) is 7.24. The molecule has 0 fully saturated rings. The van der Waals surface area contributed by atoms with E-state index in [0.29, 0.717) is 6.79 Å². The van der Waals surface area contributed by atoms with Crippen molar-refractivity contribution >= 4 is 11.3 Å². The number of aromatic nitrogens is 2. The van der Waals surface area contributed by atoms with Crippen LogP contribution in [0.15, 0.2) is 41.9 Å². The molecule has 1 aromatic carbocycles. The van der Waals surface area contributed by atoms with E-state index < -0.39 is 0 Å². The first-order chi connectivity index (χ1) is 12.3. The zero-order valence-corrected chi connectivity index (χ0v) is 14.5. The van der Waals surface area contributed by atoms with E-state index in [2.05, 4.69) is 33.5 Å². The van der Waals surface area contributed by atoms with Gasteiger partial charge < -0.3 is 9.47 Å². The van der Waals surface area contributed by atoms with E-state index in [1.165, 1.54) is 11.1 Å². The predicted molar refractivity (Wildman–Crippen MR) is 95.7 cm³/mol. The van der Waals surface area contributed by atoms with Crippen molar-refractivity contribution in [2.75, 3.05) is 13.3 Å². The van der Waals surface area contributed by atoms with Gasteiger partial charge in [-0.2, -0.15) is 0 Å². The SMILES string of the molecule is c1csc(-c2ncc3c(n2)CN(Cc2ccc4c(c2)OCO4)CC3)c1. The number of hydrogen-bond acceptors (Lipinski definition) is 6. The Balaban J connectivity index is 1.36. The molecule has 6 heteroatoms. The molecule has 0 amide bonds. The molecular weight excluding hydrogens is 334 g/mol. The molecule has 0 aliphatic carbocycles. The fraction of sp³-hybridized carbons (Fsp3) is 0.263. The Morgan fingerprint density at radius 2 is 2.12 bits per heavy atom. The molecule has 5 nitrogen and oxygen atoms in total. The molecule has 0 N–H and O–H groups in total. The summed E-state index contributed by atoms with van der Waals surface area (Å²) in [7, 11) is 0. The van der Waals surface area contributed by atoms with Crippen LogP contribution >= 0.6 is 11.3 Å². The Labute approximate surface area is 149 Å². The minimum Gasteiger partial charge on any atom is -0.454 e. The minimum atomic E-state index is 0.318. The van der Waals surface area contributed by atoms with Gasteiger partial charge >= 0.3 is 0 Å². The van der Waals surface area contributed by atoms with E-state index in [-0.39, 0.29) is 0 Å². The normalized spacial score (nSPS) is 16.0. The quantitative estimate of drug-likeness (QED) is 0.723. The second kappa shape index (κ2) is 6.13. The van der Waals surface area contributed by atoms with Gasteiger partial charge in [0.05, 0.1) is 10.6 Å². The van der Waals surface area contributed by atoms with Crippen molar-refractivity contribution in [1.82, 2.24) is 14.9 Å². The zero-order chi connectivity index (χ0) is 16.6. The van der Waals surface area contributed by atoms with Gasteiger partial charge in [0.25, 0.3) is 0 Å². The first-order valence-electron chi connectivity index (χ1n) is 8.35. The highest BCUT2D eigenvalue weighted by Crippen LogP contribution is 2.33. The molecule has 0 saturated carbocycles. The standard InChI is InChI=1S/C19H17N3O2S/c1-2-18(25-7-1)19-20-9-14-5-6-22(11-15(14)21-19)10-13-3-4-16-17(8-13)24-12-23-16/h1-4,7-9H,5-6,10-12H2. The van der Waals surface area contributed by atoms with Crippen LogP contribution < -0.4 is 9.47 Å². The number of thiophene rings is 1. The van der Waals surface area contributed by atoms with Crippen LogP contribution in [0.25, 0.3) is 10.7 Å². The molecule has 2 aliphatic rings. The highest BCUT2D eigenvalue weighted by Gasteiger charge is 2.20. The summed E-state index contributed by atoms with van der Waals surface area (Å²) in [4.78, 5) is 12.9. The molecule has 4 heterocycles. The van der Waals surface area contributed by atoms with Crippen LogP contribution in [0.3, 0.4) is 0 Å². The molecule has 5 rings (SSSR count). The van der Waals surface area contributed by atoms with E-state index in [1.54, 1.807) is 11.3 Å². The van der Waals surface area contributed by atoms with Gasteiger partial charge in [-0.15, -0.1) is 11.3 Å². The third kappa shape index (κ3) is 2.88. The molecule has 0 bridgehead atoms. The average Bonchev–Trinajstić information content (AvgIpc) is 3.32. The van der Waals surface area contributed by atoms with Crippen LogP contribution in [0.4, 0.5) is 0 Å².